The van der Waals surface area contributed by atoms with Gasteiger partial charge in [-0.25, -0.2) is 4.79 Å². The Hall–Kier alpha value is -3.82. The molecule has 0 aliphatic carbocycles. The Balaban J connectivity index is 1.49. The number of para-hydroxylation sites is 1. The van der Waals surface area contributed by atoms with Crippen molar-refractivity contribution in [1.29, 1.82) is 0 Å². The minimum Gasteiger partial charge on any atom is -0.465 e. The molecule has 1 N–H and O–H groups in total. The monoisotopic (exact) mass is 510 g/mol. The van der Waals surface area contributed by atoms with Crippen LogP contribution in [0.15, 0.2) is 63.9 Å². The van der Waals surface area contributed by atoms with Gasteiger partial charge in [-0.15, -0.1) is 0 Å². The number of hydrogen-bond donors (Lipinski definition) is 1. The number of esters is 1. The van der Waals surface area contributed by atoms with Gasteiger partial charge in [-0.2, -0.15) is 0 Å². The summed E-state index contributed by atoms with van der Waals surface area (Å²) in [5.74, 6) is -0.795. The average Bonchev–Trinajstić information content (AvgIpc) is 3.40. The van der Waals surface area contributed by atoms with Gasteiger partial charge in [-0.1, -0.05) is 29.8 Å². The van der Waals surface area contributed by atoms with Gasteiger partial charge >= 0.3 is 5.97 Å². The van der Waals surface area contributed by atoms with Crippen LogP contribution in [0.1, 0.15) is 21.7 Å². The SMILES string of the molecule is COC(=O)c1ccc(C)c(-c2ccc(/C=C3/SC(=O)N(CC(=O)Nc4ccccc4Cl)C3=O)o2)c1. The van der Waals surface area contributed by atoms with Crippen molar-refractivity contribution in [3.8, 4) is 11.3 Å². The Morgan fingerprint density at radius 3 is 2.66 bits per heavy atom. The number of methoxy groups -OCH3 is 1. The fourth-order valence-electron chi connectivity index (χ4n) is 3.37. The normalized spacial score (nSPS) is 14.5. The summed E-state index contributed by atoms with van der Waals surface area (Å²) in [7, 11) is 1.31. The molecule has 2 heterocycles. The molecule has 0 radical (unpaired) electrons. The van der Waals surface area contributed by atoms with E-state index in [-0.39, 0.29) is 4.91 Å². The molecule has 8 nitrogen and oxygen atoms in total. The van der Waals surface area contributed by atoms with Crippen molar-refractivity contribution in [2.75, 3.05) is 19.0 Å². The van der Waals surface area contributed by atoms with Crippen LogP contribution < -0.4 is 5.32 Å². The molecule has 0 spiro atoms. The van der Waals surface area contributed by atoms with Crippen LogP contribution in [0.5, 0.6) is 0 Å². The Morgan fingerprint density at radius 1 is 1.14 bits per heavy atom. The molecule has 1 saturated heterocycles. The summed E-state index contributed by atoms with van der Waals surface area (Å²) in [5, 5.41) is 2.37. The zero-order valence-electron chi connectivity index (χ0n) is 18.7. The lowest BCUT2D eigenvalue weighted by Gasteiger charge is -2.13. The molecule has 178 valence electrons. The number of thioether (sulfide) groups is 1. The first kappa shape index (κ1) is 24.3. The number of aryl methyl sites for hydroxylation is 1. The third kappa shape index (κ3) is 5.31. The summed E-state index contributed by atoms with van der Waals surface area (Å²) in [6, 6.07) is 15.1. The largest absolute Gasteiger partial charge is 0.465 e. The van der Waals surface area contributed by atoms with E-state index in [1.165, 1.54) is 13.2 Å². The Kier molecular flexibility index (Phi) is 7.09. The van der Waals surface area contributed by atoms with E-state index in [4.69, 9.17) is 20.8 Å². The summed E-state index contributed by atoms with van der Waals surface area (Å²) in [4.78, 5) is 50.4. The first-order valence-electron chi connectivity index (χ1n) is 10.4. The number of nitrogens with one attached hydrogen (secondary N) is 1. The van der Waals surface area contributed by atoms with Gasteiger partial charge in [0.15, 0.2) is 0 Å². The van der Waals surface area contributed by atoms with E-state index >= 15 is 0 Å². The van der Waals surface area contributed by atoms with E-state index in [2.05, 4.69) is 5.32 Å². The number of halogens is 1. The number of anilines is 1. The molecule has 1 aliphatic rings. The molecule has 3 amide bonds. The predicted molar refractivity (Wildman–Crippen MR) is 133 cm³/mol. The molecule has 1 fully saturated rings. The fourth-order valence-corrected chi connectivity index (χ4v) is 4.37. The molecule has 3 aromatic rings. The molecule has 2 aromatic carbocycles. The molecule has 0 unspecified atom stereocenters. The highest BCUT2D eigenvalue weighted by atomic mass is 35.5. The quantitative estimate of drug-likeness (QED) is 0.351. The van der Waals surface area contributed by atoms with E-state index < -0.39 is 29.6 Å². The topological polar surface area (TPSA) is 106 Å². The summed E-state index contributed by atoms with van der Waals surface area (Å²) in [5.41, 5.74) is 2.33. The number of rotatable bonds is 6. The van der Waals surface area contributed by atoms with Crippen molar-refractivity contribution in [1.82, 2.24) is 4.90 Å². The van der Waals surface area contributed by atoms with Gasteiger partial charge in [0.1, 0.15) is 18.1 Å². The highest BCUT2D eigenvalue weighted by Gasteiger charge is 2.36. The van der Waals surface area contributed by atoms with Gasteiger partial charge in [0.25, 0.3) is 11.1 Å². The van der Waals surface area contributed by atoms with E-state index in [1.54, 1.807) is 54.6 Å². The summed E-state index contributed by atoms with van der Waals surface area (Å²) < 4.78 is 10.6. The van der Waals surface area contributed by atoms with E-state index in [0.717, 1.165) is 10.5 Å². The average molecular weight is 511 g/mol. The van der Waals surface area contributed by atoms with Gasteiger partial charge in [0.2, 0.25) is 5.91 Å². The van der Waals surface area contributed by atoms with Crippen LogP contribution in [0, 0.1) is 6.92 Å². The van der Waals surface area contributed by atoms with Gasteiger partial charge in [0, 0.05) is 11.6 Å². The number of ether oxygens (including phenoxy) is 1. The first-order chi connectivity index (χ1) is 16.8. The maximum Gasteiger partial charge on any atom is 0.337 e. The van der Waals surface area contributed by atoms with Gasteiger partial charge in [-0.3, -0.25) is 19.3 Å². The van der Waals surface area contributed by atoms with E-state index in [0.29, 0.717) is 45.1 Å². The molecule has 35 heavy (non-hydrogen) atoms. The second-order valence-electron chi connectivity index (χ2n) is 7.52. The molecule has 0 saturated carbocycles. The maximum atomic E-state index is 12.8. The lowest BCUT2D eigenvalue weighted by atomic mass is 10.0. The second-order valence-corrected chi connectivity index (χ2v) is 8.92. The van der Waals surface area contributed by atoms with Gasteiger partial charge < -0.3 is 14.5 Å². The minimum absolute atomic E-state index is 0.126. The summed E-state index contributed by atoms with van der Waals surface area (Å²) in [6.45, 7) is 1.42. The molecular formula is C25H19ClN2O6S. The summed E-state index contributed by atoms with van der Waals surface area (Å²) in [6.07, 6.45) is 1.44. The third-order valence-electron chi connectivity index (χ3n) is 5.15. The zero-order valence-corrected chi connectivity index (χ0v) is 20.2. The van der Waals surface area contributed by atoms with Crippen molar-refractivity contribution in [2.45, 2.75) is 6.92 Å². The van der Waals surface area contributed by atoms with Crippen LogP contribution in [0.25, 0.3) is 17.4 Å². The summed E-state index contributed by atoms with van der Waals surface area (Å²) >= 11 is 6.75. The molecule has 0 bridgehead atoms. The third-order valence-corrected chi connectivity index (χ3v) is 6.38. The van der Waals surface area contributed by atoms with Gasteiger partial charge in [-0.05, 0) is 60.6 Å². The molecular weight excluding hydrogens is 492 g/mol. The lowest BCUT2D eigenvalue weighted by molar-refractivity contribution is -0.127. The number of benzene rings is 2. The van der Waals surface area contributed by atoms with Crippen LogP contribution in [0.3, 0.4) is 0 Å². The Morgan fingerprint density at radius 2 is 1.91 bits per heavy atom. The van der Waals surface area contributed by atoms with Crippen molar-refractivity contribution >= 4 is 58.1 Å². The van der Waals surface area contributed by atoms with Gasteiger partial charge in [0.05, 0.1) is 28.3 Å². The highest BCUT2D eigenvalue weighted by Crippen LogP contribution is 2.34. The highest BCUT2D eigenvalue weighted by molar-refractivity contribution is 8.18. The number of nitrogens with zero attached hydrogens (tertiary/aromatic N) is 1. The smallest absolute Gasteiger partial charge is 0.337 e. The Bertz CT molecular complexity index is 1380. The molecule has 1 aliphatic heterocycles. The van der Waals surface area contributed by atoms with Crippen LogP contribution in [-0.4, -0.2) is 41.6 Å². The van der Waals surface area contributed by atoms with Crippen molar-refractivity contribution in [3.05, 3.63) is 81.4 Å². The second kappa shape index (κ2) is 10.2. The van der Waals surface area contributed by atoms with Crippen LogP contribution >= 0.6 is 23.4 Å². The predicted octanol–water partition coefficient (Wildman–Crippen LogP) is 5.37. The fraction of sp³-hybridized carbons (Fsp3) is 0.120. The molecule has 0 atom stereocenters. The first-order valence-corrected chi connectivity index (χ1v) is 11.5. The van der Waals surface area contributed by atoms with Crippen LogP contribution in [-0.2, 0) is 14.3 Å². The van der Waals surface area contributed by atoms with Crippen LogP contribution in [0.2, 0.25) is 5.02 Å². The number of hydrogen-bond acceptors (Lipinski definition) is 7. The minimum atomic E-state index is -0.601. The number of imide groups is 1. The Labute approximate surface area is 209 Å². The van der Waals surface area contributed by atoms with Crippen LogP contribution in [0.4, 0.5) is 10.5 Å². The molecule has 4 rings (SSSR count). The van der Waals surface area contributed by atoms with E-state index in [1.807, 2.05) is 6.92 Å². The van der Waals surface area contributed by atoms with E-state index in [9.17, 15) is 19.2 Å². The standard InChI is InChI=1S/C25H19ClN2O6S/c1-14-7-8-15(24(31)33-2)11-17(14)20-10-9-16(34-20)12-21-23(30)28(25(32)35-21)13-22(29)27-19-6-4-3-5-18(19)26/h3-12H,13H2,1-2H3,(H,27,29)/b21-12+. The number of furan rings is 1. The number of carbonyl (C=O) groups excluding carboxylic acids is 4. The lowest BCUT2D eigenvalue weighted by Crippen LogP contribution is -2.36. The number of amides is 3. The van der Waals surface area contributed by atoms with Crippen molar-refractivity contribution in [2.24, 2.45) is 0 Å². The maximum absolute atomic E-state index is 12.8. The molecule has 1 aromatic heterocycles. The number of carbonyl (C=O) groups is 4. The van der Waals surface area contributed by atoms with Crippen molar-refractivity contribution in [3.63, 3.8) is 0 Å². The van der Waals surface area contributed by atoms with Crippen molar-refractivity contribution < 1.29 is 28.3 Å². The molecule has 10 heteroatoms. The zero-order chi connectivity index (χ0) is 25.1.